The van der Waals surface area contributed by atoms with E-state index in [0.29, 0.717) is 19.4 Å². The molecule has 2 aromatic heterocycles. The number of hydrogen-bond acceptors (Lipinski definition) is 5. The van der Waals surface area contributed by atoms with Gasteiger partial charge in [-0.1, -0.05) is 19.6 Å². The predicted molar refractivity (Wildman–Crippen MR) is 167 cm³/mol. The first kappa shape index (κ1) is 35.8. The van der Waals surface area contributed by atoms with Crippen molar-refractivity contribution in [1.82, 2.24) is 15.1 Å². The van der Waals surface area contributed by atoms with Crippen LogP contribution >= 0.6 is 11.3 Å². The highest BCUT2D eigenvalue weighted by molar-refractivity contribution is 7.16. The molecule has 2 unspecified atom stereocenters. The van der Waals surface area contributed by atoms with E-state index in [2.05, 4.69) is 38.9 Å². The third-order valence-electron chi connectivity index (χ3n) is 7.06. The fourth-order valence-corrected chi connectivity index (χ4v) is 5.52. The Labute approximate surface area is 254 Å². The summed E-state index contributed by atoms with van der Waals surface area (Å²) in [7, 11) is 3.38. The Morgan fingerprint density at radius 2 is 2.00 bits per heavy atom. The maximum absolute atomic E-state index is 12.9. The van der Waals surface area contributed by atoms with Crippen LogP contribution in [0.15, 0.2) is 35.3 Å². The Balaban J connectivity index is 0.000000248. The molecule has 2 aromatic rings. The summed E-state index contributed by atoms with van der Waals surface area (Å²) in [4.78, 5) is 8.63. The quantitative estimate of drug-likeness (QED) is 0.0989. The summed E-state index contributed by atoms with van der Waals surface area (Å²) < 4.78 is 64.3. The molecule has 6 N–H and O–H groups in total. The van der Waals surface area contributed by atoms with Gasteiger partial charge in [0.25, 0.3) is 12.3 Å². The van der Waals surface area contributed by atoms with Crippen LogP contribution in [0, 0.1) is 5.92 Å². The zero-order valence-electron chi connectivity index (χ0n) is 25.2. The Kier molecular flexibility index (Phi) is 13.2. The molecular formula is C29H43F5N8S. The molecule has 0 amide bonds. The molecule has 1 fully saturated rings. The maximum Gasteiger partial charge on any atom is 0.282 e. The average molecular weight is 631 g/mol. The molecule has 0 bridgehead atoms. The molecule has 0 aliphatic heterocycles. The summed E-state index contributed by atoms with van der Waals surface area (Å²) in [6.45, 7) is 11.3. The third kappa shape index (κ3) is 10.7. The van der Waals surface area contributed by atoms with Gasteiger partial charge in [0.2, 0.25) is 5.96 Å². The second-order valence-corrected chi connectivity index (χ2v) is 11.7. The number of hydrogen-bond donors (Lipinski definition) is 4. The highest BCUT2D eigenvalue weighted by atomic mass is 32.1. The van der Waals surface area contributed by atoms with Gasteiger partial charge in [0, 0.05) is 55.2 Å². The number of aryl methyl sites for hydroxylation is 2. The van der Waals surface area contributed by atoms with Crippen LogP contribution in [0.2, 0.25) is 0 Å². The maximum atomic E-state index is 12.9. The highest BCUT2D eigenvalue weighted by Crippen LogP contribution is 2.48. The minimum absolute atomic E-state index is 0.00785. The minimum Gasteiger partial charge on any atom is -0.390 e. The van der Waals surface area contributed by atoms with Gasteiger partial charge in [0.1, 0.15) is 11.4 Å². The van der Waals surface area contributed by atoms with Crippen LogP contribution in [0.1, 0.15) is 74.1 Å². The number of nitrogens with two attached hydrogens (primary N) is 2. The van der Waals surface area contributed by atoms with Gasteiger partial charge in [0.05, 0.1) is 11.3 Å². The van der Waals surface area contributed by atoms with Crippen molar-refractivity contribution in [3.05, 3.63) is 47.0 Å². The average Bonchev–Trinajstić information content (AvgIpc) is 3.23. The van der Waals surface area contributed by atoms with E-state index in [1.807, 2.05) is 14.0 Å². The number of nitrogens with one attached hydrogen (secondary N) is 2. The van der Waals surface area contributed by atoms with Crippen LogP contribution in [0.3, 0.4) is 0 Å². The molecule has 2 heterocycles. The summed E-state index contributed by atoms with van der Waals surface area (Å²) in [6.07, 6.45) is 5.62. The number of fused-ring (bicyclic) bond motifs is 1. The molecule has 2 aliphatic carbocycles. The van der Waals surface area contributed by atoms with Crippen LogP contribution in [-0.2, 0) is 19.9 Å². The summed E-state index contributed by atoms with van der Waals surface area (Å²) in [6, 6.07) is 1.13. The number of aromatic nitrogens is 2. The lowest BCUT2D eigenvalue weighted by Gasteiger charge is -2.16. The Morgan fingerprint density at radius 3 is 2.49 bits per heavy atom. The number of nitrogens with zero attached hydrogens (tertiary/aromatic N) is 4. The number of anilines is 1. The van der Waals surface area contributed by atoms with Gasteiger partial charge in [-0.15, -0.1) is 17.9 Å². The molecule has 240 valence electrons. The van der Waals surface area contributed by atoms with Crippen LogP contribution in [0.4, 0.5) is 32.8 Å². The second kappa shape index (κ2) is 15.9. The van der Waals surface area contributed by atoms with Gasteiger partial charge in [-0.25, -0.2) is 26.9 Å². The monoisotopic (exact) mass is 630 g/mol. The first-order valence-corrected chi connectivity index (χ1v) is 14.8. The van der Waals surface area contributed by atoms with Crippen LogP contribution in [0.5, 0.6) is 0 Å². The van der Waals surface area contributed by atoms with Gasteiger partial charge in [-0.2, -0.15) is 10.1 Å². The van der Waals surface area contributed by atoms with Crippen molar-refractivity contribution >= 4 is 40.2 Å². The highest BCUT2D eigenvalue weighted by Gasteiger charge is 2.56. The fourth-order valence-electron chi connectivity index (χ4n) is 4.25. The summed E-state index contributed by atoms with van der Waals surface area (Å²) in [5, 5.41) is 11.0. The second-order valence-electron chi connectivity index (χ2n) is 10.5. The Bertz CT molecular complexity index is 1280. The molecule has 0 radical (unpaired) electrons. The summed E-state index contributed by atoms with van der Waals surface area (Å²) in [5.41, 5.74) is 12.2. The van der Waals surface area contributed by atoms with Crippen molar-refractivity contribution in [1.29, 1.82) is 0 Å². The van der Waals surface area contributed by atoms with E-state index in [4.69, 9.17) is 11.5 Å². The van der Waals surface area contributed by atoms with Gasteiger partial charge in [-0.05, 0) is 51.0 Å². The molecule has 43 heavy (non-hydrogen) atoms. The third-order valence-corrected chi connectivity index (χ3v) is 8.37. The number of aliphatic imine (C=N–C) groups is 2. The minimum atomic E-state index is -2.64. The molecule has 14 heteroatoms. The summed E-state index contributed by atoms with van der Waals surface area (Å²) >= 11 is 1.78. The van der Waals surface area contributed by atoms with E-state index < -0.39 is 23.9 Å². The zero-order chi connectivity index (χ0) is 32.4. The van der Waals surface area contributed by atoms with Gasteiger partial charge >= 0.3 is 0 Å². The molecule has 2 aliphatic rings. The van der Waals surface area contributed by atoms with E-state index >= 15 is 0 Å². The van der Waals surface area contributed by atoms with Gasteiger partial charge in [0.15, 0.2) is 5.82 Å². The van der Waals surface area contributed by atoms with E-state index in [1.165, 1.54) is 35.0 Å². The van der Waals surface area contributed by atoms with Crippen LogP contribution in [0.25, 0.3) is 5.70 Å². The van der Waals surface area contributed by atoms with Crippen molar-refractivity contribution < 1.29 is 22.0 Å². The molecular weight excluding hydrogens is 587 g/mol. The van der Waals surface area contributed by atoms with Crippen LogP contribution in [-0.4, -0.2) is 47.3 Å². The Morgan fingerprint density at radius 1 is 1.35 bits per heavy atom. The van der Waals surface area contributed by atoms with Crippen molar-refractivity contribution in [3.63, 3.8) is 0 Å². The van der Waals surface area contributed by atoms with Crippen molar-refractivity contribution in [2.45, 2.75) is 76.8 Å². The van der Waals surface area contributed by atoms with E-state index in [0.717, 1.165) is 41.5 Å². The molecule has 0 aromatic carbocycles. The van der Waals surface area contributed by atoms with Crippen molar-refractivity contribution in [3.8, 4) is 0 Å². The number of alkyl halides is 5. The first-order chi connectivity index (χ1) is 20.2. The van der Waals surface area contributed by atoms with Gasteiger partial charge < -0.3 is 22.1 Å². The van der Waals surface area contributed by atoms with Gasteiger partial charge in [-0.3, -0.25) is 4.68 Å². The number of guanidine groups is 1. The number of halogens is 5. The van der Waals surface area contributed by atoms with Crippen LogP contribution < -0.4 is 22.1 Å². The molecule has 0 saturated heterocycles. The molecule has 4 rings (SSSR count). The molecule has 0 spiro atoms. The molecule has 2 atom stereocenters. The normalized spacial score (nSPS) is 18.5. The fraction of sp³-hybridized carbons (Fsp3) is 0.552. The molecule has 1 saturated carbocycles. The lowest BCUT2D eigenvalue weighted by atomic mass is 9.94. The number of rotatable bonds is 10. The van der Waals surface area contributed by atoms with E-state index in [9.17, 15) is 22.0 Å². The molecule has 8 nitrogen and oxygen atoms in total. The standard InChI is InChI=1S/C15H20F2N2S.C7H10F2N6.C7H13F/c1-9(19-8-10-7-15(10,16)17)13-11-5-3-4-6-12(11)20-14(13)18-2;1-15-5(13-7(11)12-3-10)2-4(14-15)6(8)9;1-4-6-7(3,8)5-2/h10,18-19H,1,3-8H2,2H3;2-3,6H,1H3,(H4,10,11,12,13);4H,1,5-6H2,2-3H3. The Hall–Kier alpha value is -3.42. The smallest absolute Gasteiger partial charge is 0.282 e. The SMILES string of the molecule is C=C(NCC1CC1(F)F)c1c(NC)sc2c1CCCC2.C=CCC(C)(F)CC.Cn1nc(C(F)F)cc1/N=C(N)/N=C\N. The zero-order valence-corrected chi connectivity index (χ0v) is 26.0. The van der Waals surface area contributed by atoms with Crippen molar-refractivity contribution in [2.24, 2.45) is 34.4 Å². The van der Waals surface area contributed by atoms with E-state index in [-0.39, 0.29) is 23.9 Å². The largest absolute Gasteiger partial charge is 0.390 e. The summed E-state index contributed by atoms with van der Waals surface area (Å²) in [5.74, 6) is -2.92. The van der Waals surface area contributed by atoms with Crippen molar-refractivity contribution in [2.75, 3.05) is 18.9 Å². The number of thiophene rings is 1. The predicted octanol–water partition coefficient (Wildman–Crippen LogP) is 6.88. The first-order valence-electron chi connectivity index (χ1n) is 14.0. The topological polar surface area (TPSA) is 119 Å². The van der Waals surface area contributed by atoms with E-state index in [1.54, 1.807) is 24.3 Å². The lowest BCUT2D eigenvalue weighted by Crippen LogP contribution is -2.18. The lowest BCUT2D eigenvalue weighted by molar-refractivity contribution is 0.0995. The number of allylic oxidation sites excluding steroid dienone is 1.